The predicted octanol–water partition coefficient (Wildman–Crippen LogP) is 4.27. The fourth-order valence-electron chi connectivity index (χ4n) is 1.93. The Hall–Kier alpha value is -1.48. The Morgan fingerprint density at radius 2 is 1.67 bits per heavy atom. The maximum atomic E-state index is 5.52. The summed E-state index contributed by atoms with van der Waals surface area (Å²) in [5.74, 6) is 1.77. The molecule has 94 valence electrons. The number of ether oxygens (including phenoxy) is 2. The number of methoxy groups -OCH3 is 2. The Kier molecular flexibility index (Phi) is 4.26. The Morgan fingerprint density at radius 3 is 2.22 bits per heavy atom. The van der Waals surface area contributed by atoms with Crippen molar-refractivity contribution in [3.05, 3.63) is 48.0 Å². The SMILES string of the molecule is COc1ccc(-c2cccc(CBr)c2OC)cc1. The van der Waals surface area contributed by atoms with E-state index in [0.717, 1.165) is 33.5 Å². The lowest BCUT2D eigenvalue weighted by Gasteiger charge is -2.12. The third-order valence-corrected chi connectivity index (χ3v) is 3.45. The van der Waals surface area contributed by atoms with Gasteiger partial charge >= 0.3 is 0 Å². The summed E-state index contributed by atoms with van der Waals surface area (Å²) in [6, 6.07) is 14.1. The maximum absolute atomic E-state index is 5.52. The molecule has 0 aliphatic heterocycles. The van der Waals surface area contributed by atoms with Gasteiger partial charge in [0.05, 0.1) is 14.2 Å². The molecule has 0 fully saturated rings. The van der Waals surface area contributed by atoms with E-state index in [-0.39, 0.29) is 0 Å². The van der Waals surface area contributed by atoms with Crippen LogP contribution in [0, 0.1) is 0 Å². The summed E-state index contributed by atoms with van der Waals surface area (Å²) in [6.07, 6.45) is 0. The van der Waals surface area contributed by atoms with Crippen molar-refractivity contribution in [2.45, 2.75) is 5.33 Å². The molecule has 3 heteroatoms. The first-order valence-electron chi connectivity index (χ1n) is 5.66. The van der Waals surface area contributed by atoms with E-state index in [2.05, 4.69) is 28.1 Å². The van der Waals surface area contributed by atoms with Crippen LogP contribution in [0.15, 0.2) is 42.5 Å². The van der Waals surface area contributed by atoms with Gasteiger partial charge in [-0.05, 0) is 17.7 Å². The molecule has 0 aromatic heterocycles. The lowest BCUT2D eigenvalue weighted by atomic mass is 10.0. The van der Waals surface area contributed by atoms with Crippen molar-refractivity contribution in [3.63, 3.8) is 0 Å². The Morgan fingerprint density at radius 1 is 0.944 bits per heavy atom. The Bertz CT molecular complexity index is 521. The van der Waals surface area contributed by atoms with Crippen molar-refractivity contribution in [2.24, 2.45) is 0 Å². The van der Waals surface area contributed by atoms with Crippen LogP contribution in [0.3, 0.4) is 0 Å². The van der Waals surface area contributed by atoms with Gasteiger partial charge in [0.1, 0.15) is 11.5 Å². The molecule has 0 radical (unpaired) electrons. The van der Waals surface area contributed by atoms with E-state index in [0.29, 0.717) is 0 Å². The number of rotatable bonds is 4. The molecular formula is C15H15BrO2. The van der Waals surface area contributed by atoms with Gasteiger partial charge in [-0.1, -0.05) is 46.3 Å². The number of halogens is 1. The van der Waals surface area contributed by atoms with Crippen LogP contribution in [0.4, 0.5) is 0 Å². The molecule has 2 aromatic rings. The minimum absolute atomic E-state index is 0.778. The fourth-order valence-corrected chi connectivity index (χ4v) is 2.37. The molecule has 0 heterocycles. The zero-order chi connectivity index (χ0) is 13.0. The van der Waals surface area contributed by atoms with Crippen LogP contribution in [0.5, 0.6) is 11.5 Å². The van der Waals surface area contributed by atoms with Crippen LogP contribution < -0.4 is 9.47 Å². The summed E-state index contributed by atoms with van der Waals surface area (Å²) < 4.78 is 10.7. The first-order valence-corrected chi connectivity index (χ1v) is 6.78. The number of hydrogen-bond donors (Lipinski definition) is 0. The molecule has 0 atom stereocenters. The van der Waals surface area contributed by atoms with Gasteiger partial charge in [0, 0.05) is 16.5 Å². The van der Waals surface area contributed by atoms with Gasteiger partial charge in [0.2, 0.25) is 0 Å². The van der Waals surface area contributed by atoms with Crippen LogP contribution in [0.1, 0.15) is 5.56 Å². The van der Waals surface area contributed by atoms with Crippen molar-refractivity contribution in [1.29, 1.82) is 0 Å². The van der Waals surface area contributed by atoms with E-state index in [1.807, 2.05) is 30.3 Å². The average molecular weight is 307 g/mol. The van der Waals surface area contributed by atoms with Crippen molar-refractivity contribution >= 4 is 15.9 Å². The molecule has 0 amide bonds. The lowest BCUT2D eigenvalue weighted by Crippen LogP contribution is -1.93. The number of alkyl halides is 1. The summed E-state index contributed by atoms with van der Waals surface area (Å²) in [4.78, 5) is 0. The monoisotopic (exact) mass is 306 g/mol. The molecular weight excluding hydrogens is 292 g/mol. The predicted molar refractivity (Wildman–Crippen MR) is 77.6 cm³/mol. The highest BCUT2D eigenvalue weighted by molar-refractivity contribution is 9.08. The summed E-state index contributed by atoms with van der Waals surface area (Å²) in [7, 11) is 3.37. The van der Waals surface area contributed by atoms with Gasteiger partial charge in [-0.25, -0.2) is 0 Å². The molecule has 2 aromatic carbocycles. The van der Waals surface area contributed by atoms with Gasteiger partial charge < -0.3 is 9.47 Å². The third kappa shape index (κ3) is 2.51. The molecule has 0 aliphatic rings. The highest BCUT2D eigenvalue weighted by Gasteiger charge is 2.09. The summed E-state index contributed by atoms with van der Waals surface area (Å²) in [6.45, 7) is 0. The van der Waals surface area contributed by atoms with E-state index in [9.17, 15) is 0 Å². The number of para-hydroxylation sites is 1. The van der Waals surface area contributed by atoms with Crippen molar-refractivity contribution in [3.8, 4) is 22.6 Å². The van der Waals surface area contributed by atoms with Crippen LogP contribution in [0.2, 0.25) is 0 Å². The van der Waals surface area contributed by atoms with Crippen LogP contribution >= 0.6 is 15.9 Å². The minimum Gasteiger partial charge on any atom is -0.497 e. The van der Waals surface area contributed by atoms with Gasteiger partial charge in [-0.2, -0.15) is 0 Å². The Labute approximate surface area is 116 Å². The fraction of sp³-hybridized carbons (Fsp3) is 0.200. The average Bonchev–Trinajstić information content (AvgIpc) is 2.46. The van der Waals surface area contributed by atoms with Gasteiger partial charge in [0.15, 0.2) is 0 Å². The molecule has 18 heavy (non-hydrogen) atoms. The topological polar surface area (TPSA) is 18.5 Å². The molecule has 2 nitrogen and oxygen atoms in total. The van der Waals surface area contributed by atoms with Crippen molar-refractivity contribution in [2.75, 3.05) is 14.2 Å². The largest absolute Gasteiger partial charge is 0.497 e. The quantitative estimate of drug-likeness (QED) is 0.786. The van der Waals surface area contributed by atoms with E-state index in [1.54, 1.807) is 14.2 Å². The van der Waals surface area contributed by atoms with Crippen LogP contribution in [-0.4, -0.2) is 14.2 Å². The molecule has 2 rings (SSSR count). The molecule has 0 saturated heterocycles. The van der Waals surface area contributed by atoms with Gasteiger partial charge in [-0.3, -0.25) is 0 Å². The summed E-state index contributed by atoms with van der Waals surface area (Å²) in [5.41, 5.74) is 3.36. The zero-order valence-electron chi connectivity index (χ0n) is 10.4. The van der Waals surface area contributed by atoms with E-state index in [4.69, 9.17) is 9.47 Å². The molecule has 0 spiro atoms. The summed E-state index contributed by atoms with van der Waals surface area (Å²) >= 11 is 3.48. The third-order valence-electron chi connectivity index (χ3n) is 2.85. The van der Waals surface area contributed by atoms with Gasteiger partial charge in [-0.15, -0.1) is 0 Å². The molecule has 0 N–H and O–H groups in total. The normalized spacial score (nSPS) is 10.2. The van der Waals surface area contributed by atoms with Crippen molar-refractivity contribution < 1.29 is 9.47 Å². The Balaban J connectivity index is 2.48. The second-order valence-corrected chi connectivity index (χ2v) is 4.42. The zero-order valence-corrected chi connectivity index (χ0v) is 12.0. The smallest absolute Gasteiger partial charge is 0.130 e. The van der Waals surface area contributed by atoms with E-state index < -0.39 is 0 Å². The number of hydrogen-bond acceptors (Lipinski definition) is 2. The standard InChI is InChI=1S/C15H15BrO2/c1-17-13-8-6-11(7-9-13)14-5-3-4-12(10-16)15(14)18-2/h3-9H,10H2,1-2H3. The molecule has 0 aliphatic carbocycles. The van der Waals surface area contributed by atoms with E-state index in [1.165, 1.54) is 0 Å². The highest BCUT2D eigenvalue weighted by Crippen LogP contribution is 2.34. The molecule has 0 unspecified atom stereocenters. The second-order valence-electron chi connectivity index (χ2n) is 3.86. The minimum atomic E-state index is 0.778. The lowest BCUT2D eigenvalue weighted by molar-refractivity contribution is 0.412. The highest BCUT2D eigenvalue weighted by atomic mass is 79.9. The van der Waals surface area contributed by atoms with Crippen molar-refractivity contribution in [1.82, 2.24) is 0 Å². The van der Waals surface area contributed by atoms with Crippen LogP contribution in [-0.2, 0) is 5.33 Å². The number of benzene rings is 2. The maximum Gasteiger partial charge on any atom is 0.130 e. The molecule has 0 bridgehead atoms. The molecule has 0 saturated carbocycles. The first-order chi connectivity index (χ1) is 8.80. The van der Waals surface area contributed by atoms with E-state index >= 15 is 0 Å². The van der Waals surface area contributed by atoms with Crippen LogP contribution in [0.25, 0.3) is 11.1 Å². The summed E-state index contributed by atoms with van der Waals surface area (Å²) in [5, 5.41) is 0.778. The van der Waals surface area contributed by atoms with Gasteiger partial charge in [0.25, 0.3) is 0 Å². The first kappa shape index (κ1) is 13.0. The second kappa shape index (κ2) is 5.91.